The molecule has 0 amide bonds. The molecular weight excluding hydrogens is 222 g/mol. The average Bonchev–Trinajstić information content (AvgIpc) is 2.31. The fourth-order valence-corrected chi connectivity index (χ4v) is 1.77. The summed E-state index contributed by atoms with van der Waals surface area (Å²) < 4.78 is 0. The number of carbonyl (C=O) groups is 1. The second-order valence-corrected chi connectivity index (χ2v) is 4.17. The van der Waals surface area contributed by atoms with Gasteiger partial charge in [-0.2, -0.15) is 0 Å². The van der Waals surface area contributed by atoms with Gasteiger partial charge in [-0.05, 0) is 24.2 Å². The Kier molecular flexibility index (Phi) is 5.50. The molecule has 16 heavy (non-hydrogen) atoms. The topological polar surface area (TPSA) is 29.1 Å². The molecule has 0 aliphatic rings. The molecule has 3 heteroatoms. The van der Waals surface area contributed by atoms with Crippen molar-refractivity contribution in [2.75, 3.05) is 13.1 Å². The highest BCUT2D eigenvalue weighted by Crippen LogP contribution is 2.20. The number of carbonyl (C=O) groups excluding carboxylic acids is 1. The number of rotatable bonds is 6. The van der Waals surface area contributed by atoms with Crippen LogP contribution in [0.25, 0.3) is 0 Å². The van der Waals surface area contributed by atoms with Gasteiger partial charge >= 0.3 is 0 Å². The number of ketones is 1. The first-order chi connectivity index (χ1) is 7.69. The summed E-state index contributed by atoms with van der Waals surface area (Å²) in [6.45, 7) is 5.51. The largest absolute Gasteiger partial charge is 0.316 e. The number of Topliss-reactive ketones (excluding diaryl/α,β-unsaturated/α-hetero) is 1. The van der Waals surface area contributed by atoms with Crippen molar-refractivity contribution in [3.63, 3.8) is 0 Å². The maximum atomic E-state index is 11.8. The van der Waals surface area contributed by atoms with Crippen molar-refractivity contribution in [1.82, 2.24) is 5.32 Å². The molecule has 1 aromatic rings. The fraction of sp³-hybridized carbons (Fsp3) is 0.462. The quantitative estimate of drug-likeness (QED) is 0.827. The smallest absolute Gasteiger partial charge is 0.141 e. The zero-order valence-electron chi connectivity index (χ0n) is 9.79. The molecule has 0 saturated carbocycles. The maximum Gasteiger partial charge on any atom is 0.141 e. The zero-order valence-corrected chi connectivity index (χ0v) is 10.6. The Morgan fingerprint density at radius 2 is 1.94 bits per heavy atom. The van der Waals surface area contributed by atoms with Gasteiger partial charge in [0.1, 0.15) is 5.78 Å². The number of nitrogens with one attached hydrogen (secondary N) is 1. The van der Waals surface area contributed by atoms with E-state index in [0.29, 0.717) is 18.0 Å². The van der Waals surface area contributed by atoms with Crippen molar-refractivity contribution in [2.24, 2.45) is 0 Å². The molecule has 1 aromatic carbocycles. The van der Waals surface area contributed by atoms with Gasteiger partial charge in [0.05, 0.1) is 5.92 Å². The third kappa shape index (κ3) is 3.62. The first-order valence-corrected chi connectivity index (χ1v) is 6.05. The van der Waals surface area contributed by atoms with Gasteiger partial charge in [-0.1, -0.05) is 37.6 Å². The molecule has 0 bridgehead atoms. The van der Waals surface area contributed by atoms with Crippen LogP contribution in [-0.4, -0.2) is 18.9 Å². The van der Waals surface area contributed by atoms with E-state index in [1.54, 1.807) is 0 Å². The molecule has 0 saturated heterocycles. The predicted molar refractivity (Wildman–Crippen MR) is 68.0 cm³/mol. The molecule has 0 aliphatic carbocycles. The first-order valence-electron chi connectivity index (χ1n) is 5.67. The average molecular weight is 240 g/mol. The molecule has 1 N–H and O–H groups in total. The van der Waals surface area contributed by atoms with Crippen LogP contribution in [0.15, 0.2) is 24.3 Å². The van der Waals surface area contributed by atoms with Crippen LogP contribution in [0.2, 0.25) is 5.02 Å². The van der Waals surface area contributed by atoms with Gasteiger partial charge in [-0.25, -0.2) is 0 Å². The molecule has 0 aliphatic heterocycles. The van der Waals surface area contributed by atoms with Crippen LogP contribution >= 0.6 is 11.6 Å². The van der Waals surface area contributed by atoms with E-state index in [9.17, 15) is 4.79 Å². The lowest BCUT2D eigenvalue weighted by Crippen LogP contribution is -2.26. The number of hydrogen-bond donors (Lipinski definition) is 1. The summed E-state index contributed by atoms with van der Waals surface area (Å²) in [6, 6.07) is 7.52. The molecule has 0 fully saturated rings. The second-order valence-electron chi connectivity index (χ2n) is 3.73. The van der Waals surface area contributed by atoms with E-state index in [1.165, 1.54) is 0 Å². The molecule has 1 unspecified atom stereocenters. The predicted octanol–water partition coefficient (Wildman–Crippen LogP) is 3.01. The summed E-state index contributed by atoms with van der Waals surface area (Å²) in [6.07, 6.45) is 0.568. The third-order valence-corrected chi connectivity index (χ3v) is 2.86. The summed E-state index contributed by atoms with van der Waals surface area (Å²) in [5.41, 5.74) is 1.04. The van der Waals surface area contributed by atoms with Crippen molar-refractivity contribution in [3.05, 3.63) is 34.9 Å². The van der Waals surface area contributed by atoms with Gasteiger partial charge in [0.25, 0.3) is 0 Å². The van der Waals surface area contributed by atoms with E-state index >= 15 is 0 Å². The van der Waals surface area contributed by atoms with Crippen molar-refractivity contribution < 1.29 is 4.79 Å². The van der Waals surface area contributed by atoms with Crippen LogP contribution in [0.3, 0.4) is 0 Å². The minimum atomic E-state index is -0.0535. The molecule has 0 aromatic heterocycles. The molecule has 88 valence electrons. The molecule has 2 nitrogen and oxygen atoms in total. The van der Waals surface area contributed by atoms with Crippen LogP contribution in [0.1, 0.15) is 31.7 Å². The Bertz CT molecular complexity index is 334. The van der Waals surface area contributed by atoms with Gasteiger partial charge in [0.2, 0.25) is 0 Å². The fourth-order valence-electron chi connectivity index (χ4n) is 1.65. The molecular formula is C13H18ClNO. The van der Waals surface area contributed by atoms with E-state index in [0.717, 1.165) is 12.1 Å². The van der Waals surface area contributed by atoms with E-state index in [2.05, 4.69) is 5.32 Å². The highest BCUT2D eigenvalue weighted by atomic mass is 35.5. The van der Waals surface area contributed by atoms with Crippen molar-refractivity contribution in [3.8, 4) is 0 Å². The summed E-state index contributed by atoms with van der Waals surface area (Å²) in [4.78, 5) is 11.8. The number of hydrogen-bond acceptors (Lipinski definition) is 2. The Hall–Kier alpha value is -0.860. The standard InChI is InChI=1S/C13H18ClNO/c1-3-13(16)12(9-15-4-2)10-5-7-11(14)8-6-10/h5-8,12,15H,3-4,9H2,1-2H3. The molecule has 0 radical (unpaired) electrons. The lowest BCUT2D eigenvalue weighted by atomic mass is 9.93. The van der Waals surface area contributed by atoms with Gasteiger partial charge in [0.15, 0.2) is 0 Å². The van der Waals surface area contributed by atoms with Crippen molar-refractivity contribution >= 4 is 17.4 Å². The van der Waals surface area contributed by atoms with Crippen LogP contribution in [0.5, 0.6) is 0 Å². The van der Waals surface area contributed by atoms with Crippen molar-refractivity contribution in [1.29, 1.82) is 0 Å². The first kappa shape index (κ1) is 13.2. The lowest BCUT2D eigenvalue weighted by molar-refractivity contribution is -0.120. The Morgan fingerprint density at radius 1 is 1.31 bits per heavy atom. The van der Waals surface area contributed by atoms with Gasteiger partial charge in [0, 0.05) is 18.0 Å². The lowest BCUT2D eigenvalue weighted by Gasteiger charge is -2.15. The highest BCUT2D eigenvalue weighted by Gasteiger charge is 2.17. The van der Waals surface area contributed by atoms with Crippen LogP contribution in [0, 0.1) is 0 Å². The van der Waals surface area contributed by atoms with Crippen LogP contribution in [0.4, 0.5) is 0 Å². The number of likely N-dealkylation sites (N-methyl/N-ethyl adjacent to an activating group) is 1. The number of benzene rings is 1. The highest BCUT2D eigenvalue weighted by molar-refractivity contribution is 6.30. The minimum Gasteiger partial charge on any atom is -0.316 e. The summed E-state index contributed by atoms with van der Waals surface area (Å²) >= 11 is 5.83. The second kappa shape index (κ2) is 6.66. The van der Waals surface area contributed by atoms with E-state index < -0.39 is 0 Å². The summed E-state index contributed by atoms with van der Waals surface area (Å²) in [5, 5.41) is 3.93. The van der Waals surface area contributed by atoms with E-state index in [1.807, 2.05) is 38.1 Å². The number of halogens is 1. The van der Waals surface area contributed by atoms with Gasteiger partial charge < -0.3 is 5.32 Å². The van der Waals surface area contributed by atoms with E-state index in [4.69, 9.17) is 11.6 Å². The Balaban J connectivity index is 2.82. The normalized spacial score (nSPS) is 12.4. The van der Waals surface area contributed by atoms with Gasteiger partial charge in [-0.15, -0.1) is 0 Å². The van der Waals surface area contributed by atoms with Crippen LogP contribution < -0.4 is 5.32 Å². The summed E-state index contributed by atoms with van der Waals surface area (Å²) in [7, 11) is 0. The summed E-state index contributed by atoms with van der Waals surface area (Å²) in [5.74, 6) is 0.213. The Morgan fingerprint density at radius 3 is 2.44 bits per heavy atom. The van der Waals surface area contributed by atoms with Crippen LogP contribution in [-0.2, 0) is 4.79 Å². The third-order valence-electron chi connectivity index (χ3n) is 2.61. The molecule has 0 heterocycles. The minimum absolute atomic E-state index is 0.0535. The van der Waals surface area contributed by atoms with Gasteiger partial charge in [-0.3, -0.25) is 4.79 Å². The maximum absolute atomic E-state index is 11.8. The molecule has 1 atom stereocenters. The SMILES string of the molecule is CCNCC(C(=O)CC)c1ccc(Cl)cc1. The van der Waals surface area contributed by atoms with Crippen molar-refractivity contribution in [2.45, 2.75) is 26.2 Å². The zero-order chi connectivity index (χ0) is 12.0. The molecule has 0 spiro atoms. The monoisotopic (exact) mass is 239 g/mol. The Labute approximate surface area is 102 Å². The molecule has 1 rings (SSSR count). The van der Waals surface area contributed by atoms with E-state index in [-0.39, 0.29) is 11.7 Å².